The molecule has 0 unspecified atom stereocenters. The quantitative estimate of drug-likeness (QED) is 0.713. The van der Waals surface area contributed by atoms with Gasteiger partial charge in [-0.2, -0.15) is 5.10 Å². The van der Waals surface area contributed by atoms with E-state index in [0.29, 0.717) is 11.5 Å². The number of benzene rings is 1. The molecule has 0 N–H and O–H groups in total. The normalized spacial score (nSPS) is 10.7. The van der Waals surface area contributed by atoms with Gasteiger partial charge in [0.25, 0.3) is 5.88 Å². The summed E-state index contributed by atoms with van der Waals surface area (Å²) in [5.74, 6) is 0.568. The Kier molecular flexibility index (Phi) is 3.12. The maximum absolute atomic E-state index is 13.6. The zero-order chi connectivity index (χ0) is 13.9. The number of ether oxygens (including phenoxy) is 1. The van der Waals surface area contributed by atoms with Crippen molar-refractivity contribution in [2.75, 3.05) is 0 Å². The van der Waals surface area contributed by atoms with Gasteiger partial charge in [0.1, 0.15) is 24.4 Å². The molecule has 1 aromatic carbocycles. The Morgan fingerprint density at radius 1 is 1.30 bits per heavy atom. The van der Waals surface area contributed by atoms with Crippen LogP contribution in [0.5, 0.6) is 5.88 Å². The Balaban J connectivity index is 1.74. The Bertz CT molecular complexity index is 722. The number of aryl methyl sites for hydroxylation is 1. The predicted molar refractivity (Wildman–Crippen MR) is 66.7 cm³/mol. The van der Waals surface area contributed by atoms with E-state index in [1.165, 1.54) is 23.3 Å². The third kappa shape index (κ3) is 2.35. The van der Waals surface area contributed by atoms with Crippen molar-refractivity contribution in [1.82, 2.24) is 29.8 Å². The molecule has 102 valence electrons. The minimum absolute atomic E-state index is 0.215. The van der Waals surface area contributed by atoms with Crippen LogP contribution in [0.4, 0.5) is 4.39 Å². The van der Waals surface area contributed by atoms with Gasteiger partial charge in [0.15, 0.2) is 5.82 Å². The highest BCUT2D eigenvalue weighted by molar-refractivity contribution is 5.32. The fourth-order valence-corrected chi connectivity index (χ4v) is 1.66. The van der Waals surface area contributed by atoms with Crippen LogP contribution in [-0.2, 0) is 13.7 Å². The molecule has 0 amide bonds. The van der Waals surface area contributed by atoms with E-state index in [4.69, 9.17) is 4.74 Å². The Morgan fingerprint density at radius 2 is 2.15 bits per heavy atom. The van der Waals surface area contributed by atoms with Gasteiger partial charge in [-0.1, -0.05) is 22.4 Å². The van der Waals surface area contributed by atoms with Crippen molar-refractivity contribution >= 4 is 0 Å². The van der Waals surface area contributed by atoms with Gasteiger partial charge in [-0.25, -0.2) is 14.1 Å². The zero-order valence-corrected chi connectivity index (χ0v) is 10.6. The van der Waals surface area contributed by atoms with E-state index in [9.17, 15) is 4.39 Å². The number of aromatic nitrogens is 6. The van der Waals surface area contributed by atoms with E-state index in [1.807, 2.05) is 0 Å². The van der Waals surface area contributed by atoms with E-state index >= 15 is 0 Å². The molecule has 2 heterocycles. The minimum Gasteiger partial charge on any atom is -0.467 e. The summed E-state index contributed by atoms with van der Waals surface area (Å²) in [5, 5.41) is 11.6. The van der Waals surface area contributed by atoms with Crippen LogP contribution in [0.3, 0.4) is 0 Å². The summed E-state index contributed by atoms with van der Waals surface area (Å²) in [6.45, 7) is 0.215. The third-order valence-corrected chi connectivity index (χ3v) is 2.73. The van der Waals surface area contributed by atoms with Crippen LogP contribution < -0.4 is 4.74 Å². The zero-order valence-electron chi connectivity index (χ0n) is 10.6. The second-order valence-electron chi connectivity index (χ2n) is 4.04. The summed E-state index contributed by atoms with van der Waals surface area (Å²) in [7, 11) is 1.77. The molecule has 3 aromatic rings. The van der Waals surface area contributed by atoms with Gasteiger partial charge in [0.05, 0.1) is 6.20 Å². The number of hydrogen-bond acceptors (Lipinski definition) is 5. The molecule has 8 heteroatoms. The fourth-order valence-electron chi connectivity index (χ4n) is 1.66. The predicted octanol–water partition coefficient (Wildman–Crippen LogP) is 1.11. The lowest BCUT2D eigenvalue weighted by atomic mass is 10.3. The molecule has 0 aliphatic carbocycles. The minimum atomic E-state index is -0.378. The maximum Gasteiger partial charge on any atom is 0.254 e. The molecule has 0 bridgehead atoms. The van der Waals surface area contributed by atoms with E-state index in [-0.39, 0.29) is 18.3 Å². The van der Waals surface area contributed by atoms with Crippen molar-refractivity contribution in [2.24, 2.45) is 7.05 Å². The van der Waals surface area contributed by atoms with Crippen LogP contribution in [0.15, 0.2) is 36.8 Å². The molecule has 0 saturated carbocycles. The Hall–Kier alpha value is -2.77. The summed E-state index contributed by atoms with van der Waals surface area (Å²) >= 11 is 0. The highest BCUT2D eigenvalue weighted by Gasteiger charge is 2.09. The first-order chi connectivity index (χ1) is 9.74. The first-order valence-corrected chi connectivity index (χ1v) is 5.87. The lowest BCUT2D eigenvalue weighted by Gasteiger charge is -2.01. The van der Waals surface area contributed by atoms with Crippen molar-refractivity contribution in [3.63, 3.8) is 0 Å². The second-order valence-corrected chi connectivity index (χ2v) is 4.04. The average molecular weight is 274 g/mol. The van der Waals surface area contributed by atoms with Crippen LogP contribution in [-0.4, -0.2) is 29.8 Å². The van der Waals surface area contributed by atoms with Crippen LogP contribution >= 0.6 is 0 Å². The second kappa shape index (κ2) is 5.08. The van der Waals surface area contributed by atoms with Gasteiger partial charge in [-0.05, 0) is 12.1 Å². The molecule has 20 heavy (non-hydrogen) atoms. The molecule has 0 spiro atoms. The monoisotopic (exact) mass is 274 g/mol. The first kappa shape index (κ1) is 12.3. The highest BCUT2D eigenvalue weighted by atomic mass is 19.1. The molecular weight excluding hydrogens is 263 g/mol. The van der Waals surface area contributed by atoms with E-state index < -0.39 is 0 Å². The molecule has 0 aliphatic heterocycles. The van der Waals surface area contributed by atoms with Crippen LogP contribution in [0, 0.1) is 5.82 Å². The van der Waals surface area contributed by atoms with E-state index in [2.05, 4.69) is 20.4 Å². The van der Waals surface area contributed by atoms with Crippen molar-refractivity contribution in [1.29, 1.82) is 0 Å². The summed E-state index contributed by atoms with van der Waals surface area (Å²) in [6.07, 6.45) is 2.95. The topological polar surface area (TPSA) is 70.7 Å². The number of para-hydroxylation sites is 1. The number of hydrogen-bond donors (Lipinski definition) is 0. The largest absolute Gasteiger partial charge is 0.467 e. The van der Waals surface area contributed by atoms with Crippen LogP contribution in [0.25, 0.3) is 5.69 Å². The van der Waals surface area contributed by atoms with E-state index in [1.54, 1.807) is 29.9 Å². The van der Waals surface area contributed by atoms with Gasteiger partial charge in [0, 0.05) is 7.05 Å². The average Bonchev–Trinajstić information content (AvgIpc) is 3.06. The molecule has 0 fully saturated rings. The number of nitrogens with zero attached hydrogens (tertiary/aromatic N) is 6. The van der Waals surface area contributed by atoms with Crippen LogP contribution in [0.2, 0.25) is 0 Å². The van der Waals surface area contributed by atoms with Gasteiger partial charge in [0.2, 0.25) is 0 Å². The van der Waals surface area contributed by atoms with Crippen LogP contribution in [0.1, 0.15) is 5.82 Å². The Labute approximate surface area is 113 Å². The summed E-state index contributed by atoms with van der Waals surface area (Å²) in [6, 6.07) is 6.30. The lowest BCUT2D eigenvalue weighted by Crippen LogP contribution is -2.04. The SMILES string of the molecule is Cn1ncnc1COc1cn(-c2ccccc2F)nn1. The highest BCUT2D eigenvalue weighted by Crippen LogP contribution is 2.14. The van der Waals surface area contributed by atoms with Crippen molar-refractivity contribution < 1.29 is 9.13 Å². The summed E-state index contributed by atoms with van der Waals surface area (Å²) in [5.41, 5.74) is 0.313. The van der Waals surface area contributed by atoms with Crippen molar-refractivity contribution in [3.05, 3.63) is 48.4 Å². The standard InChI is InChI=1S/C12H11FN6O/c1-18-11(14-8-15-18)7-20-12-6-19(17-16-12)10-5-3-2-4-9(10)13/h2-6,8H,7H2,1H3. The van der Waals surface area contributed by atoms with Crippen molar-refractivity contribution in [3.8, 4) is 11.6 Å². The molecule has 0 aliphatic rings. The van der Waals surface area contributed by atoms with Gasteiger partial charge >= 0.3 is 0 Å². The number of halogens is 1. The lowest BCUT2D eigenvalue weighted by molar-refractivity contribution is 0.278. The molecule has 0 radical (unpaired) electrons. The van der Waals surface area contributed by atoms with Gasteiger partial charge in [-0.3, -0.25) is 4.68 Å². The maximum atomic E-state index is 13.6. The first-order valence-electron chi connectivity index (χ1n) is 5.87. The fraction of sp³-hybridized carbons (Fsp3) is 0.167. The molecule has 0 saturated heterocycles. The van der Waals surface area contributed by atoms with Crippen molar-refractivity contribution in [2.45, 2.75) is 6.61 Å². The Morgan fingerprint density at radius 3 is 2.90 bits per heavy atom. The summed E-state index contributed by atoms with van der Waals surface area (Å²) in [4.78, 5) is 4.02. The van der Waals surface area contributed by atoms with Gasteiger partial charge in [-0.15, -0.1) is 0 Å². The molecule has 7 nitrogen and oxygen atoms in total. The molecular formula is C12H11FN6O. The van der Waals surface area contributed by atoms with Gasteiger partial charge < -0.3 is 4.74 Å². The smallest absolute Gasteiger partial charge is 0.254 e. The summed E-state index contributed by atoms with van der Waals surface area (Å²) < 4.78 is 21.9. The molecule has 0 atom stereocenters. The third-order valence-electron chi connectivity index (χ3n) is 2.73. The molecule has 3 rings (SSSR count). The number of rotatable bonds is 4. The molecule has 2 aromatic heterocycles. The van der Waals surface area contributed by atoms with E-state index in [0.717, 1.165) is 0 Å².